The monoisotopic (exact) mass is 449 g/mol. The Hall–Kier alpha value is -3.78. The Balaban J connectivity index is 1.62. The van der Waals surface area contributed by atoms with Crippen molar-refractivity contribution in [1.82, 2.24) is 15.1 Å². The van der Waals surface area contributed by atoms with Crippen molar-refractivity contribution in [3.05, 3.63) is 77.3 Å². The summed E-state index contributed by atoms with van der Waals surface area (Å²) in [4.78, 5) is 14.2. The molecule has 4 rings (SSSR count). The summed E-state index contributed by atoms with van der Waals surface area (Å²) in [7, 11) is 4.67. The van der Waals surface area contributed by atoms with Crippen molar-refractivity contribution in [3.63, 3.8) is 0 Å². The first-order valence-corrected chi connectivity index (χ1v) is 10.8. The summed E-state index contributed by atoms with van der Waals surface area (Å²) in [5.41, 5.74) is 2.83. The van der Waals surface area contributed by atoms with Crippen LogP contribution in [0.2, 0.25) is 0 Å². The normalized spacial score (nSPS) is 10.6. The highest BCUT2D eigenvalue weighted by Crippen LogP contribution is 2.38. The lowest BCUT2D eigenvalue weighted by molar-refractivity contribution is 0.0943. The largest absolute Gasteiger partial charge is 0.493 e. The SMILES string of the molecule is COc1cc(CNC(=O)c2cc(-c3cccs3)nn2-c2ccccc2)cc(OC)c1OC. The third-order valence-electron chi connectivity index (χ3n) is 4.89. The number of carbonyl (C=O) groups is 1. The first-order valence-electron chi connectivity index (χ1n) is 9.91. The van der Waals surface area contributed by atoms with Crippen LogP contribution in [0.1, 0.15) is 16.1 Å². The molecule has 4 aromatic rings. The molecule has 32 heavy (non-hydrogen) atoms. The van der Waals surface area contributed by atoms with E-state index in [1.807, 2.05) is 66.0 Å². The molecule has 0 aliphatic rings. The number of amides is 1. The molecule has 0 aliphatic heterocycles. The van der Waals surface area contributed by atoms with Gasteiger partial charge in [-0.2, -0.15) is 5.10 Å². The predicted octanol–water partition coefficient (Wildman–Crippen LogP) is 4.56. The molecule has 0 unspecified atom stereocenters. The predicted molar refractivity (Wildman–Crippen MR) is 124 cm³/mol. The molecule has 0 fully saturated rings. The number of hydrogen-bond acceptors (Lipinski definition) is 6. The second kappa shape index (κ2) is 9.57. The van der Waals surface area contributed by atoms with Gasteiger partial charge in [-0.05, 0) is 47.3 Å². The molecule has 0 aliphatic carbocycles. The first-order chi connectivity index (χ1) is 15.6. The summed E-state index contributed by atoms with van der Waals surface area (Å²) in [6.07, 6.45) is 0. The summed E-state index contributed by atoms with van der Waals surface area (Å²) in [6, 6.07) is 19.0. The number of aromatic nitrogens is 2. The minimum absolute atomic E-state index is 0.238. The molecular formula is C24H23N3O4S. The van der Waals surface area contributed by atoms with Crippen molar-refractivity contribution in [2.24, 2.45) is 0 Å². The maximum Gasteiger partial charge on any atom is 0.270 e. The molecule has 1 amide bonds. The minimum Gasteiger partial charge on any atom is -0.493 e. The maximum absolute atomic E-state index is 13.2. The van der Waals surface area contributed by atoms with E-state index in [4.69, 9.17) is 14.2 Å². The molecule has 7 nitrogen and oxygen atoms in total. The molecule has 0 saturated carbocycles. The number of para-hydroxylation sites is 1. The molecule has 0 atom stereocenters. The average molecular weight is 450 g/mol. The zero-order valence-corrected chi connectivity index (χ0v) is 18.8. The Bertz CT molecular complexity index is 1180. The van der Waals surface area contributed by atoms with Crippen molar-refractivity contribution < 1.29 is 19.0 Å². The van der Waals surface area contributed by atoms with E-state index in [-0.39, 0.29) is 12.5 Å². The number of methoxy groups -OCH3 is 3. The zero-order valence-electron chi connectivity index (χ0n) is 18.0. The number of carbonyl (C=O) groups excluding carboxylic acids is 1. The second-order valence-electron chi connectivity index (χ2n) is 6.86. The summed E-state index contributed by atoms with van der Waals surface area (Å²) in [5.74, 6) is 1.33. The van der Waals surface area contributed by atoms with Crippen molar-refractivity contribution >= 4 is 17.2 Å². The highest BCUT2D eigenvalue weighted by atomic mass is 32.1. The molecule has 1 N–H and O–H groups in total. The van der Waals surface area contributed by atoms with E-state index in [0.717, 1.165) is 21.8 Å². The van der Waals surface area contributed by atoms with E-state index in [9.17, 15) is 4.79 Å². The summed E-state index contributed by atoms with van der Waals surface area (Å²) in [5, 5.41) is 9.65. The highest BCUT2D eigenvalue weighted by molar-refractivity contribution is 7.13. The quantitative estimate of drug-likeness (QED) is 0.427. The topological polar surface area (TPSA) is 74.6 Å². The Morgan fingerprint density at radius 1 is 0.969 bits per heavy atom. The van der Waals surface area contributed by atoms with Crippen LogP contribution in [-0.4, -0.2) is 37.0 Å². The van der Waals surface area contributed by atoms with Crippen LogP contribution in [0.25, 0.3) is 16.3 Å². The molecule has 0 bridgehead atoms. The van der Waals surface area contributed by atoms with E-state index in [0.29, 0.717) is 22.9 Å². The van der Waals surface area contributed by atoms with Crippen LogP contribution in [0.4, 0.5) is 0 Å². The van der Waals surface area contributed by atoms with E-state index in [2.05, 4.69) is 10.4 Å². The Kier molecular flexibility index (Phi) is 6.42. The van der Waals surface area contributed by atoms with E-state index in [1.165, 1.54) is 0 Å². The minimum atomic E-state index is -0.238. The van der Waals surface area contributed by atoms with Crippen LogP contribution in [-0.2, 0) is 6.54 Å². The average Bonchev–Trinajstić information content (AvgIpc) is 3.52. The number of ether oxygens (including phenoxy) is 3. The fraction of sp³-hybridized carbons (Fsp3) is 0.167. The van der Waals surface area contributed by atoms with Crippen molar-refractivity contribution in [2.45, 2.75) is 6.54 Å². The molecule has 0 spiro atoms. The van der Waals surface area contributed by atoms with Gasteiger partial charge in [-0.1, -0.05) is 24.3 Å². The number of nitrogens with one attached hydrogen (secondary N) is 1. The van der Waals surface area contributed by atoms with Gasteiger partial charge in [0.1, 0.15) is 11.4 Å². The standard InChI is InChI=1S/C24H23N3O4S/c1-29-20-12-16(13-21(30-2)23(20)31-3)15-25-24(28)19-14-18(22-10-7-11-32-22)26-27(19)17-8-5-4-6-9-17/h4-14H,15H2,1-3H3,(H,25,28). The first kappa shape index (κ1) is 21.5. The van der Waals surface area contributed by atoms with Crippen LogP contribution >= 0.6 is 11.3 Å². The van der Waals surface area contributed by atoms with E-state index >= 15 is 0 Å². The molecule has 2 heterocycles. The van der Waals surface area contributed by atoms with Crippen molar-refractivity contribution in [1.29, 1.82) is 0 Å². The Morgan fingerprint density at radius 2 is 1.69 bits per heavy atom. The number of benzene rings is 2. The number of rotatable bonds is 8. The van der Waals surface area contributed by atoms with Gasteiger partial charge in [0.15, 0.2) is 11.5 Å². The van der Waals surface area contributed by atoms with Gasteiger partial charge < -0.3 is 19.5 Å². The maximum atomic E-state index is 13.2. The van der Waals surface area contributed by atoms with E-state index in [1.54, 1.807) is 37.3 Å². The van der Waals surface area contributed by atoms with Crippen molar-refractivity contribution in [3.8, 4) is 33.5 Å². The van der Waals surface area contributed by atoms with Gasteiger partial charge >= 0.3 is 0 Å². The molecular weight excluding hydrogens is 426 g/mol. The van der Waals surface area contributed by atoms with Gasteiger partial charge in [0.2, 0.25) is 5.75 Å². The lowest BCUT2D eigenvalue weighted by Gasteiger charge is -2.14. The summed E-state index contributed by atoms with van der Waals surface area (Å²) >= 11 is 1.58. The van der Waals surface area contributed by atoms with Gasteiger partial charge in [-0.25, -0.2) is 4.68 Å². The van der Waals surface area contributed by atoms with Crippen LogP contribution in [0.3, 0.4) is 0 Å². The molecule has 2 aromatic heterocycles. The number of nitrogens with zero attached hydrogens (tertiary/aromatic N) is 2. The van der Waals surface area contributed by atoms with Crippen LogP contribution < -0.4 is 19.5 Å². The Labute approximate surface area is 190 Å². The fourth-order valence-corrected chi connectivity index (χ4v) is 4.05. The van der Waals surface area contributed by atoms with Gasteiger partial charge in [-0.15, -0.1) is 11.3 Å². The van der Waals surface area contributed by atoms with Crippen LogP contribution in [0.5, 0.6) is 17.2 Å². The van der Waals surface area contributed by atoms with Crippen LogP contribution in [0, 0.1) is 0 Å². The lowest BCUT2D eigenvalue weighted by atomic mass is 10.1. The van der Waals surface area contributed by atoms with Crippen LogP contribution in [0.15, 0.2) is 66.0 Å². The smallest absolute Gasteiger partial charge is 0.270 e. The fourth-order valence-electron chi connectivity index (χ4n) is 3.36. The van der Waals surface area contributed by atoms with Gasteiger partial charge in [0.25, 0.3) is 5.91 Å². The molecule has 0 saturated heterocycles. The third kappa shape index (κ3) is 4.31. The highest BCUT2D eigenvalue weighted by Gasteiger charge is 2.19. The molecule has 164 valence electrons. The van der Waals surface area contributed by atoms with E-state index < -0.39 is 0 Å². The van der Waals surface area contributed by atoms with Gasteiger partial charge in [-0.3, -0.25) is 4.79 Å². The number of thiophene rings is 1. The number of hydrogen-bond donors (Lipinski definition) is 1. The zero-order chi connectivity index (χ0) is 22.5. The summed E-state index contributed by atoms with van der Waals surface area (Å²) < 4.78 is 17.8. The van der Waals surface area contributed by atoms with Crippen molar-refractivity contribution in [2.75, 3.05) is 21.3 Å². The Morgan fingerprint density at radius 3 is 2.28 bits per heavy atom. The van der Waals surface area contributed by atoms with Gasteiger partial charge in [0, 0.05) is 6.54 Å². The molecule has 0 radical (unpaired) electrons. The lowest BCUT2D eigenvalue weighted by Crippen LogP contribution is -2.25. The third-order valence-corrected chi connectivity index (χ3v) is 5.79. The molecule has 2 aromatic carbocycles. The second-order valence-corrected chi connectivity index (χ2v) is 7.80. The molecule has 8 heteroatoms. The van der Waals surface area contributed by atoms with Gasteiger partial charge in [0.05, 0.1) is 31.9 Å². The summed E-state index contributed by atoms with van der Waals surface area (Å²) in [6.45, 7) is 0.282.